The molecule has 0 atom stereocenters. The summed E-state index contributed by atoms with van der Waals surface area (Å²) in [7, 11) is -3.83. The van der Waals surface area contributed by atoms with Crippen molar-refractivity contribution in [3.8, 4) is 0 Å². The largest absolute Gasteiger partial charge is 0.490 e. The number of aliphatic carboxylic acids is 1. The van der Waals surface area contributed by atoms with E-state index in [0.717, 1.165) is 37.3 Å². The van der Waals surface area contributed by atoms with Crippen molar-refractivity contribution in [3.05, 3.63) is 34.3 Å². The van der Waals surface area contributed by atoms with Crippen LogP contribution in [0.4, 0.5) is 24.7 Å². The summed E-state index contributed by atoms with van der Waals surface area (Å²) in [5.41, 5.74) is 0.0705. The number of carboxylic acid groups (broad SMARTS) is 2. The van der Waals surface area contributed by atoms with Gasteiger partial charge in [-0.2, -0.15) is 13.2 Å². The molecular weight excluding hydrogens is 487 g/mol. The van der Waals surface area contributed by atoms with Gasteiger partial charge in [-0.05, 0) is 31.0 Å². The number of hydrogen-bond donors (Lipinski definition) is 3. The van der Waals surface area contributed by atoms with Gasteiger partial charge < -0.3 is 15.1 Å². The van der Waals surface area contributed by atoms with Crippen LogP contribution in [0.5, 0.6) is 0 Å². The molecule has 3 N–H and O–H groups in total. The maximum Gasteiger partial charge on any atom is 0.490 e. The number of aromatic carboxylic acids is 1. The summed E-state index contributed by atoms with van der Waals surface area (Å²) in [6, 6.07) is 4.16. The van der Waals surface area contributed by atoms with Gasteiger partial charge in [0.2, 0.25) is 0 Å². The van der Waals surface area contributed by atoms with Gasteiger partial charge in [-0.1, -0.05) is 11.6 Å². The van der Waals surface area contributed by atoms with Gasteiger partial charge >= 0.3 is 18.1 Å². The molecule has 0 bridgehead atoms. The first-order valence-electron chi connectivity index (χ1n) is 8.38. The number of carboxylic acids is 2. The maximum absolute atomic E-state index is 12.3. The molecule has 170 valence electrons. The van der Waals surface area contributed by atoms with Gasteiger partial charge in [0.15, 0.2) is 0 Å². The van der Waals surface area contributed by atoms with Gasteiger partial charge in [-0.15, -0.1) is 11.3 Å². The summed E-state index contributed by atoms with van der Waals surface area (Å²) in [4.78, 5) is 26.5. The number of rotatable bonds is 5. The first-order valence-corrected chi connectivity index (χ1v) is 11.1. The highest BCUT2D eigenvalue weighted by atomic mass is 35.5. The van der Waals surface area contributed by atoms with E-state index in [1.807, 2.05) is 4.90 Å². The molecular formula is C16H15ClF3N3O6S2. The Balaban J connectivity index is 0.000000423. The van der Waals surface area contributed by atoms with E-state index >= 15 is 0 Å². The molecule has 0 unspecified atom stereocenters. The molecule has 1 aliphatic heterocycles. The zero-order chi connectivity index (χ0) is 23.4. The molecule has 15 heteroatoms. The number of aromatic nitrogens is 1. The van der Waals surface area contributed by atoms with Crippen LogP contribution in [-0.4, -0.2) is 54.8 Å². The first-order chi connectivity index (χ1) is 14.3. The fraction of sp³-hybridized carbons (Fsp3) is 0.312. The van der Waals surface area contributed by atoms with Crippen molar-refractivity contribution in [1.29, 1.82) is 0 Å². The minimum absolute atomic E-state index is 0.0266. The van der Waals surface area contributed by atoms with Crippen molar-refractivity contribution in [2.24, 2.45) is 0 Å². The van der Waals surface area contributed by atoms with Crippen LogP contribution in [0.15, 0.2) is 28.6 Å². The molecule has 1 aliphatic rings. The normalized spacial score (nSPS) is 14.0. The van der Waals surface area contributed by atoms with Crippen LogP contribution in [0.3, 0.4) is 0 Å². The average Bonchev–Trinajstić information content (AvgIpc) is 3.33. The van der Waals surface area contributed by atoms with Crippen molar-refractivity contribution >= 4 is 56.4 Å². The van der Waals surface area contributed by atoms with Crippen molar-refractivity contribution in [1.82, 2.24) is 4.98 Å². The van der Waals surface area contributed by atoms with E-state index in [1.165, 1.54) is 24.4 Å². The Morgan fingerprint density at radius 2 is 1.77 bits per heavy atom. The molecule has 0 spiro atoms. The number of pyridine rings is 1. The topological polar surface area (TPSA) is 137 Å². The number of alkyl halides is 3. The second-order valence-corrected chi connectivity index (χ2v) is 9.69. The Morgan fingerprint density at radius 3 is 2.23 bits per heavy atom. The molecule has 0 aromatic carbocycles. The average molecular weight is 502 g/mol. The van der Waals surface area contributed by atoms with Crippen LogP contribution in [0.2, 0.25) is 4.34 Å². The van der Waals surface area contributed by atoms with Crippen LogP contribution in [0.25, 0.3) is 0 Å². The lowest BCUT2D eigenvalue weighted by Crippen LogP contribution is -2.22. The lowest BCUT2D eigenvalue weighted by molar-refractivity contribution is -0.192. The predicted molar refractivity (Wildman–Crippen MR) is 106 cm³/mol. The number of thiophene rings is 1. The van der Waals surface area contributed by atoms with Gasteiger partial charge in [0.25, 0.3) is 10.0 Å². The highest BCUT2D eigenvalue weighted by Gasteiger charge is 2.38. The van der Waals surface area contributed by atoms with E-state index in [9.17, 15) is 31.5 Å². The Morgan fingerprint density at radius 1 is 1.19 bits per heavy atom. The third kappa shape index (κ3) is 6.70. The van der Waals surface area contributed by atoms with Gasteiger partial charge in [0, 0.05) is 13.1 Å². The Bertz CT molecular complexity index is 1070. The molecule has 0 saturated carbocycles. The standard InChI is InChI=1S/C14H14ClN3O4S2.C2HF3O2/c15-11-3-4-12(23-11)24(21,22)17-9-7-10(14(19)20)13(16-8-9)18-5-1-2-6-18;3-2(4,5)1(6)7/h3-4,7-8,17H,1-2,5-6H2,(H,19,20);(H,6,7). The number of halogens is 4. The molecule has 31 heavy (non-hydrogen) atoms. The summed E-state index contributed by atoms with van der Waals surface area (Å²) in [5, 5.41) is 16.5. The summed E-state index contributed by atoms with van der Waals surface area (Å²) in [6.07, 6.45) is -1.80. The first kappa shape index (κ1) is 24.7. The molecule has 1 saturated heterocycles. The van der Waals surface area contributed by atoms with Crippen molar-refractivity contribution in [2.45, 2.75) is 23.2 Å². The van der Waals surface area contributed by atoms with Gasteiger partial charge in [-0.3, -0.25) is 4.72 Å². The van der Waals surface area contributed by atoms with Crippen LogP contribution < -0.4 is 9.62 Å². The minimum atomic E-state index is -5.08. The number of carbonyl (C=O) groups is 2. The minimum Gasteiger partial charge on any atom is -0.478 e. The van der Waals surface area contributed by atoms with Crippen molar-refractivity contribution < 1.29 is 41.4 Å². The monoisotopic (exact) mass is 501 g/mol. The van der Waals surface area contributed by atoms with E-state index in [2.05, 4.69) is 9.71 Å². The molecule has 0 radical (unpaired) electrons. The predicted octanol–water partition coefficient (Wildman–Crippen LogP) is 3.53. The van der Waals surface area contributed by atoms with Gasteiger partial charge in [0.05, 0.1) is 16.2 Å². The van der Waals surface area contributed by atoms with E-state index in [0.29, 0.717) is 10.2 Å². The Labute approximate surface area is 183 Å². The van der Waals surface area contributed by atoms with E-state index < -0.39 is 28.1 Å². The van der Waals surface area contributed by atoms with Crippen LogP contribution >= 0.6 is 22.9 Å². The summed E-state index contributed by atoms with van der Waals surface area (Å²) in [5.74, 6) is -3.54. The van der Waals surface area contributed by atoms with Gasteiger partial charge in [-0.25, -0.2) is 23.0 Å². The fourth-order valence-corrected chi connectivity index (χ4v) is 5.02. The zero-order valence-corrected chi connectivity index (χ0v) is 17.8. The molecule has 2 aromatic rings. The molecule has 2 aromatic heterocycles. The highest BCUT2D eigenvalue weighted by molar-refractivity contribution is 7.94. The lowest BCUT2D eigenvalue weighted by Gasteiger charge is -2.19. The fourth-order valence-electron chi connectivity index (χ4n) is 2.50. The summed E-state index contributed by atoms with van der Waals surface area (Å²) >= 11 is 6.68. The van der Waals surface area contributed by atoms with Crippen molar-refractivity contribution in [2.75, 3.05) is 22.7 Å². The molecule has 3 heterocycles. The zero-order valence-electron chi connectivity index (χ0n) is 15.4. The summed E-state index contributed by atoms with van der Waals surface area (Å²) < 4.78 is 59.1. The Kier molecular flexibility index (Phi) is 7.72. The van der Waals surface area contributed by atoms with Crippen molar-refractivity contribution in [3.63, 3.8) is 0 Å². The third-order valence-electron chi connectivity index (χ3n) is 3.81. The number of nitrogens with one attached hydrogen (secondary N) is 1. The second kappa shape index (κ2) is 9.70. The second-order valence-electron chi connectivity index (χ2n) is 6.06. The lowest BCUT2D eigenvalue weighted by atomic mass is 10.2. The molecule has 9 nitrogen and oxygen atoms in total. The quantitative estimate of drug-likeness (QED) is 0.566. The van der Waals surface area contributed by atoms with E-state index in [-0.39, 0.29) is 15.5 Å². The number of anilines is 2. The molecule has 0 amide bonds. The SMILES string of the molecule is O=C(O)C(F)(F)F.O=C(O)c1cc(NS(=O)(=O)c2ccc(Cl)s2)cnc1N1CCCC1. The van der Waals surface area contributed by atoms with E-state index in [1.54, 1.807) is 0 Å². The molecule has 0 aliphatic carbocycles. The summed E-state index contributed by atoms with van der Waals surface area (Å²) in [6.45, 7) is 1.48. The highest BCUT2D eigenvalue weighted by Crippen LogP contribution is 2.29. The van der Waals surface area contributed by atoms with Crippen LogP contribution in [0.1, 0.15) is 23.2 Å². The number of sulfonamides is 1. The molecule has 3 rings (SSSR count). The number of nitrogens with zero attached hydrogens (tertiary/aromatic N) is 2. The Hall–Kier alpha value is -2.58. The van der Waals surface area contributed by atoms with E-state index in [4.69, 9.17) is 21.5 Å². The van der Waals surface area contributed by atoms with Crippen LogP contribution in [0, 0.1) is 0 Å². The third-order valence-corrected chi connectivity index (χ3v) is 6.92. The van der Waals surface area contributed by atoms with Crippen LogP contribution in [-0.2, 0) is 14.8 Å². The maximum atomic E-state index is 12.3. The number of hydrogen-bond acceptors (Lipinski definition) is 7. The molecule has 1 fully saturated rings. The van der Waals surface area contributed by atoms with Gasteiger partial charge in [0.1, 0.15) is 15.6 Å². The smallest absolute Gasteiger partial charge is 0.478 e.